The monoisotopic (exact) mass is 437 g/mol. The van der Waals surface area contributed by atoms with Crippen molar-refractivity contribution in [3.8, 4) is 6.07 Å². The maximum absolute atomic E-state index is 13.4. The molecule has 1 aromatic rings. The zero-order chi connectivity index (χ0) is 22.9. The first-order valence-electron chi connectivity index (χ1n) is 9.20. The van der Waals surface area contributed by atoms with E-state index in [1.165, 1.54) is 17.0 Å². The number of nitriles is 1. The lowest BCUT2D eigenvalue weighted by molar-refractivity contribution is -0.137. The Morgan fingerprint density at radius 2 is 1.93 bits per heavy atom. The van der Waals surface area contributed by atoms with Crippen LogP contribution in [-0.2, 0) is 11.0 Å². The summed E-state index contributed by atoms with van der Waals surface area (Å²) in [7, 11) is 0. The van der Waals surface area contributed by atoms with E-state index in [2.05, 4.69) is 17.1 Å². The largest absolute Gasteiger partial charge is 0.417 e. The molecule has 1 heterocycles. The fraction of sp³-hybridized carbons (Fsp3) is 0.400. The third-order valence-electron chi connectivity index (χ3n) is 4.95. The lowest BCUT2D eigenvalue weighted by Gasteiger charge is -2.35. The van der Waals surface area contributed by atoms with Crippen molar-refractivity contribution in [2.24, 2.45) is 5.10 Å². The lowest BCUT2D eigenvalue weighted by atomic mass is 9.91. The number of nitrogens with one attached hydrogen (secondary N) is 1. The van der Waals surface area contributed by atoms with Gasteiger partial charge in [-0.3, -0.25) is 20.0 Å². The molecule has 0 bridgehead atoms. The van der Waals surface area contributed by atoms with E-state index in [0.29, 0.717) is 18.6 Å². The van der Waals surface area contributed by atoms with Crippen molar-refractivity contribution in [3.63, 3.8) is 0 Å². The Labute approximate surface area is 178 Å². The second kappa shape index (κ2) is 8.44. The van der Waals surface area contributed by atoms with E-state index in [9.17, 15) is 18.0 Å². The maximum Gasteiger partial charge on any atom is 0.417 e. The number of benzene rings is 1. The quantitative estimate of drug-likeness (QED) is 0.402. The van der Waals surface area contributed by atoms with E-state index in [-0.39, 0.29) is 16.6 Å². The van der Waals surface area contributed by atoms with Crippen LogP contribution >= 0.6 is 12.2 Å². The molecule has 2 rings (SSSR count). The van der Waals surface area contributed by atoms with Crippen LogP contribution in [0.4, 0.5) is 18.9 Å². The van der Waals surface area contributed by atoms with Gasteiger partial charge in [-0.2, -0.15) is 23.5 Å². The van der Waals surface area contributed by atoms with E-state index in [4.69, 9.17) is 17.5 Å². The van der Waals surface area contributed by atoms with E-state index >= 15 is 0 Å². The Morgan fingerprint density at radius 1 is 1.33 bits per heavy atom. The standard InChI is InChI=1S/C20H22F3N5OS/c1-6-19(7-2)17(29)27(18(30)28(19)13(5)26-25-12(3)4)15-9-8-14(11-24)16(10-15)20(21,22)23/h8-10,26H,5-7H2,1-4H3. The number of hydrazone groups is 1. The van der Waals surface area contributed by atoms with Crippen LogP contribution in [0.2, 0.25) is 0 Å². The van der Waals surface area contributed by atoms with Crippen LogP contribution in [-0.4, -0.2) is 27.2 Å². The van der Waals surface area contributed by atoms with E-state index < -0.39 is 28.7 Å². The van der Waals surface area contributed by atoms with E-state index in [1.54, 1.807) is 27.7 Å². The van der Waals surface area contributed by atoms with Crippen LogP contribution in [0.5, 0.6) is 0 Å². The highest BCUT2D eigenvalue weighted by Gasteiger charge is 2.55. The molecule has 1 N–H and O–H groups in total. The van der Waals surface area contributed by atoms with Gasteiger partial charge in [-0.15, -0.1) is 0 Å². The van der Waals surface area contributed by atoms with Gasteiger partial charge < -0.3 is 0 Å². The van der Waals surface area contributed by atoms with Crippen molar-refractivity contribution in [3.05, 3.63) is 41.7 Å². The number of hydrogen-bond acceptors (Lipinski definition) is 5. The van der Waals surface area contributed by atoms with E-state index in [1.807, 2.05) is 0 Å². The Bertz CT molecular complexity index is 956. The molecule has 0 saturated carbocycles. The third-order valence-corrected chi connectivity index (χ3v) is 5.31. The van der Waals surface area contributed by atoms with Gasteiger partial charge in [0.15, 0.2) is 5.11 Å². The van der Waals surface area contributed by atoms with E-state index in [0.717, 1.165) is 17.0 Å². The van der Waals surface area contributed by atoms with Gasteiger partial charge in [0, 0.05) is 5.71 Å². The summed E-state index contributed by atoms with van der Waals surface area (Å²) in [6.45, 7) is 11.0. The third kappa shape index (κ3) is 3.89. The zero-order valence-electron chi connectivity index (χ0n) is 17.1. The van der Waals surface area contributed by atoms with Crippen LogP contribution in [0.25, 0.3) is 0 Å². The highest BCUT2D eigenvalue weighted by atomic mass is 32.1. The summed E-state index contributed by atoms with van der Waals surface area (Å²) in [5, 5.41) is 13.1. The summed E-state index contributed by atoms with van der Waals surface area (Å²) < 4.78 is 40.3. The van der Waals surface area contributed by atoms with Crippen LogP contribution < -0.4 is 10.3 Å². The molecule has 1 aromatic carbocycles. The summed E-state index contributed by atoms with van der Waals surface area (Å²) in [5.41, 5.74) is 0.627. The van der Waals surface area contributed by atoms with Gasteiger partial charge in [0.2, 0.25) is 0 Å². The van der Waals surface area contributed by atoms with Gasteiger partial charge >= 0.3 is 6.18 Å². The van der Waals surface area contributed by atoms with Gasteiger partial charge in [0.1, 0.15) is 11.4 Å². The molecule has 0 aliphatic carbocycles. The number of anilines is 1. The molecule has 160 valence electrons. The molecule has 1 saturated heterocycles. The zero-order valence-corrected chi connectivity index (χ0v) is 17.9. The Balaban J connectivity index is 2.62. The molecule has 0 aromatic heterocycles. The van der Waals surface area contributed by atoms with Crippen molar-refractivity contribution in [1.82, 2.24) is 10.3 Å². The summed E-state index contributed by atoms with van der Waals surface area (Å²) in [6, 6.07) is 4.62. The average Bonchev–Trinajstić information content (AvgIpc) is 2.91. The van der Waals surface area contributed by atoms with Crippen molar-refractivity contribution in [2.45, 2.75) is 52.3 Å². The first-order chi connectivity index (χ1) is 13.9. The van der Waals surface area contributed by atoms with Crippen molar-refractivity contribution >= 4 is 34.6 Å². The first kappa shape index (κ1) is 23.3. The van der Waals surface area contributed by atoms with Crippen LogP contribution in [0.15, 0.2) is 35.7 Å². The number of amides is 1. The van der Waals surface area contributed by atoms with Crippen LogP contribution in [0, 0.1) is 11.3 Å². The number of alkyl halides is 3. The Morgan fingerprint density at radius 3 is 2.40 bits per heavy atom. The molecule has 0 unspecified atom stereocenters. The van der Waals surface area contributed by atoms with Crippen LogP contribution in [0.1, 0.15) is 51.7 Å². The predicted molar refractivity (Wildman–Crippen MR) is 112 cm³/mol. The SMILES string of the molecule is C=C(NN=C(C)C)N1C(=S)N(c2ccc(C#N)c(C(F)(F)F)c2)C(=O)C1(CC)CC. The summed E-state index contributed by atoms with van der Waals surface area (Å²) >= 11 is 5.49. The van der Waals surface area contributed by atoms with Gasteiger partial charge in [-0.25, -0.2) is 0 Å². The molecule has 0 spiro atoms. The molecule has 1 amide bonds. The molecule has 0 atom stereocenters. The molecular formula is C20H22F3N5OS. The number of rotatable bonds is 6. The number of hydrogen-bond donors (Lipinski definition) is 1. The maximum atomic E-state index is 13.4. The lowest BCUT2D eigenvalue weighted by Crippen LogP contribution is -2.49. The fourth-order valence-electron chi connectivity index (χ4n) is 3.37. The smallest absolute Gasteiger partial charge is 0.288 e. The highest BCUT2D eigenvalue weighted by molar-refractivity contribution is 7.80. The number of carbonyl (C=O) groups is 1. The number of carbonyl (C=O) groups excluding carboxylic acids is 1. The predicted octanol–water partition coefficient (Wildman–Crippen LogP) is 4.53. The van der Waals surface area contributed by atoms with Gasteiger partial charge in [-0.1, -0.05) is 20.4 Å². The number of halogens is 3. The minimum Gasteiger partial charge on any atom is -0.288 e. The van der Waals surface area contributed by atoms with Gasteiger partial charge in [0.25, 0.3) is 5.91 Å². The number of thiocarbonyl (C=S) groups is 1. The number of nitrogens with zero attached hydrogens (tertiary/aromatic N) is 4. The minimum absolute atomic E-state index is 0.0111. The van der Waals surface area contributed by atoms with Gasteiger partial charge in [0.05, 0.1) is 22.9 Å². The summed E-state index contributed by atoms with van der Waals surface area (Å²) in [5.74, 6) is -0.221. The molecule has 6 nitrogen and oxygen atoms in total. The molecule has 1 aliphatic heterocycles. The molecule has 0 radical (unpaired) electrons. The van der Waals surface area contributed by atoms with Gasteiger partial charge in [-0.05, 0) is 57.1 Å². The minimum atomic E-state index is -4.75. The molecule has 10 heteroatoms. The Kier molecular flexibility index (Phi) is 6.57. The van der Waals surface area contributed by atoms with Crippen molar-refractivity contribution < 1.29 is 18.0 Å². The molecular weight excluding hydrogens is 415 g/mol. The highest BCUT2D eigenvalue weighted by Crippen LogP contribution is 2.41. The van der Waals surface area contributed by atoms with Crippen LogP contribution in [0.3, 0.4) is 0 Å². The molecule has 30 heavy (non-hydrogen) atoms. The second-order valence-corrected chi connectivity index (χ2v) is 7.32. The normalized spacial score (nSPS) is 15.8. The molecule has 1 aliphatic rings. The first-order valence-corrected chi connectivity index (χ1v) is 9.61. The summed E-state index contributed by atoms with van der Waals surface area (Å²) in [4.78, 5) is 16.0. The molecule has 1 fully saturated rings. The Hall–Kier alpha value is -2.93. The summed E-state index contributed by atoms with van der Waals surface area (Å²) in [6.07, 6.45) is -4.07. The topological polar surface area (TPSA) is 71.7 Å². The fourth-order valence-corrected chi connectivity index (χ4v) is 3.85. The average molecular weight is 437 g/mol. The van der Waals surface area contributed by atoms with Crippen molar-refractivity contribution in [1.29, 1.82) is 5.26 Å². The van der Waals surface area contributed by atoms with Crippen molar-refractivity contribution in [2.75, 3.05) is 4.90 Å². The second-order valence-electron chi connectivity index (χ2n) is 6.95.